The van der Waals surface area contributed by atoms with Crippen LogP contribution in [0, 0.1) is 10.8 Å². The first-order valence-electron chi connectivity index (χ1n) is 8.37. The Morgan fingerprint density at radius 2 is 1.67 bits per heavy atom. The van der Waals surface area contributed by atoms with Crippen molar-refractivity contribution in [3.8, 4) is 0 Å². The maximum absolute atomic E-state index is 12.0. The second-order valence-corrected chi connectivity index (χ2v) is 8.68. The van der Waals surface area contributed by atoms with Crippen LogP contribution in [0.1, 0.15) is 41.5 Å². The molecule has 3 aliphatic rings. The molecule has 0 aromatic carbocycles. The Labute approximate surface area is 142 Å². The van der Waals surface area contributed by atoms with Gasteiger partial charge in [-0.15, -0.1) is 0 Å². The molecule has 0 saturated carbocycles. The molecule has 3 bridgehead atoms. The summed E-state index contributed by atoms with van der Waals surface area (Å²) >= 11 is 0. The van der Waals surface area contributed by atoms with Crippen LogP contribution < -0.4 is 0 Å². The van der Waals surface area contributed by atoms with Gasteiger partial charge >= 0.3 is 5.97 Å². The van der Waals surface area contributed by atoms with Gasteiger partial charge in [-0.25, -0.2) is 0 Å². The molecule has 3 aliphatic heterocycles. The SMILES string of the molecule is CO[C@@H]1[C@H]2OC3(C(C)(C)C)O[C@H]2O[C@H](COC(=O)C(C)(C)C)[C@H]1O3. The molecule has 0 radical (unpaired) electrons. The smallest absolute Gasteiger partial charge is 0.311 e. The number of rotatable bonds is 3. The highest BCUT2D eigenvalue weighted by molar-refractivity contribution is 5.75. The number of carbonyl (C=O) groups is 1. The molecule has 1 unspecified atom stereocenters. The fourth-order valence-electron chi connectivity index (χ4n) is 3.14. The Balaban J connectivity index is 1.78. The highest BCUT2D eigenvalue weighted by atomic mass is 17.0. The Morgan fingerprint density at radius 1 is 1.04 bits per heavy atom. The molecular weight excluding hydrogens is 316 g/mol. The number of ether oxygens (including phenoxy) is 6. The van der Waals surface area contributed by atoms with Gasteiger partial charge in [0, 0.05) is 12.5 Å². The summed E-state index contributed by atoms with van der Waals surface area (Å²) in [5, 5.41) is 0. The number of hydrogen-bond donors (Lipinski definition) is 0. The number of esters is 1. The number of methoxy groups -OCH3 is 1. The Hall–Kier alpha value is -0.730. The van der Waals surface area contributed by atoms with E-state index in [-0.39, 0.29) is 24.8 Å². The van der Waals surface area contributed by atoms with E-state index in [0.29, 0.717) is 0 Å². The molecule has 24 heavy (non-hydrogen) atoms. The van der Waals surface area contributed by atoms with Gasteiger partial charge in [-0.3, -0.25) is 9.53 Å². The second kappa shape index (κ2) is 5.64. The molecule has 0 aromatic heterocycles. The van der Waals surface area contributed by atoms with Gasteiger partial charge in [0.05, 0.1) is 5.41 Å². The van der Waals surface area contributed by atoms with Gasteiger partial charge in [-0.05, 0) is 20.8 Å². The van der Waals surface area contributed by atoms with Gasteiger partial charge in [0.2, 0.25) is 0 Å². The van der Waals surface area contributed by atoms with Crippen LogP contribution in [0.25, 0.3) is 0 Å². The average Bonchev–Trinajstić information content (AvgIpc) is 2.67. The molecular formula is C17H28O7. The van der Waals surface area contributed by atoms with Gasteiger partial charge in [-0.1, -0.05) is 20.8 Å². The second-order valence-electron chi connectivity index (χ2n) is 8.68. The minimum atomic E-state index is -1.18. The predicted octanol–water partition coefficient (Wildman–Crippen LogP) is 1.83. The largest absolute Gasteiger partial charge is 0.462 e. The zero-order valence-corrected chi connectivity index (χ0v) is 15.5. The molecule has 3 fully saturated rings. The summed E-state index contributed by atoms with van der Waals surface area (Å²) in [6.45, 7) is 11.5. The van der Waals surface area contributed by atoms with E-state index < -0.39 is 35.3 Å². The van der Waals surface area contributed by atoms with Crippen LogP contribution in [0.4, 0.5) is 0 Å². The highest BCUT2D eigenvalue weighted by Crippen LogP contribution is 2.52. The zero-order chi connectivity index (χ0) is 17.9. The van der Waals surface area contributed by atoms with E-state index in [1.807, 2.05) is 41.5 Å². The minimum Gasteiger partial charge on any atom is -0.462 e. The van der Waals surface area contributed by atoms with E-state index in [9.17, 15) is 4.79 Å². The van der Waals surface area contributed by atoms with Crippen LogP contribution >= 0.6 is 0 Å². The Kier molecular flexibility index (Phi) is 4.25. The zero-order valence-electron chi connectivity index (χ0n) is 15.5. The van der Waals surface area contributed by atoms with Crippen molar-refractivity contribution in [3.05, 3.63) is 0 Å². The van der Waals surface area contributed by atoms with Crippen molar-refractivity contribution in [1.82, 2.24) is 0 Å². The van der Waals surface area contributed by atoms with Crippen LogP contribution in [0.15, 0.2) is 0 Å². The molecule has 0 spiro atoms. The van der Waals surface area contributed by atoms with E-state index in [1.165, 1.54) is 0 Å². The maximum Gasteiger partial charge on any atom is 0.311 e. The lowest BCUT2D eigenvalue weighted by Gasteiger charge is -2.48. The molecule has 3 rings (SSSR count). The van der Waals surface area contributed by atoms with Gasteiger partial charge in [0.25, 0.3) is 5.97 Å². The van der Waals surface area contributed by atoms with Crippen LogP contribution in [0.2, 0.25) is 0 Å². The summed E-state index contributed by atoms with van der Waals surface area (Å²) in [7, 11) is 1.60. The first kappa shape index (κ1) is 18.1. The van der Waals surface area contributed by atoms with Gasteiger partial charge in [0.1, 0.15) is 31.0 Å². The summed E-state index contributed by atoms with van der Waals surface area (Å²) in [5.74, 6) is -1.46. The lowest BCUT2D eigenvalue weighted by atomic mass is 9.91. The summed E-state index contributed by atoms with van der Waals surface area (Å²) in [6, 6.07) is 0. The molecule has 0 N–H and O–H groups in total. The normalized spacial score (nSPS) is 41.5. The molecule has 6 atom stereocenters. The molecule has 7 nitrogen and oxygen atoms in total. The molecule has 0 amide bonds. The summed E-state index contributed by atoms with van der Waals surface area (Å²) in [4.78, 5) is 12.0. The number of fused-ring (bicyclic) bond motifs is 2. The number of hydrogen-bond acceptors (Lipinski definition) is 7. The van der Waals surface area contributed by atoms with Crippen molar-refractivity contribution in [1.29, 1.82) is 0 Å². The standard InChI is InChI=1S/C17H28O7/c1-15(2,3)14(18)20-8-9-10-11(19-7)12-13(21-9)24-17(22-10,23-12)16(4,5)6/h9-13H,8H2,1-7H3/t9-,10-,11+,12-,13-,17?/m1/s1. The van der Waals surface area contributed by atoms with Crippen molar-refractivity contribution in [3.63, 3.8) is 0 Å². The van der Waals surface area contributed by atoms with E-state index >= 15 is 0 Å². The topological polar surface area (TPSA) is 72.5 Å². The van der Waals surface area contributed by atoms with Crippen molar-refractivity contribution in [2.75, 3.05) is 13.7 Å². The van der Waals surface area contributed by atoms with Gasteiger partial charge in [-0.2, -0.15) is 0 Å². The molecule has 7 heteroatoms. The van der Waals surface area contributed by atoms with E-state index in [4.69, 9.17) is 28.4 Å². The Bertz CT molecular complexity index is 506. The molecule has 138 valence electrons. The third-order valence-corrected chi connectivity index (χ3v) is 4.63. The van der Waals surface area contributed by atoms with Crippen molar-refractivity contribution < 1.29 is 33.2 Å². The van der Waals surface area contributed by atoms with Crippen LogP contribution in [-0.4, -0.2) is 56.4 Å². The van der Waals surface area contributed by atoms with E-state index in [0.717, 1.165) is 0 Å². The van der Waals surface area contributed by atoms with E-state index in [2.05, 4.69) is 0 Å². The molecule has 3 heterocycles. The van der Waals surface area contributed by atoms with Crippen molar-refractivity contribution in [2.45, 2.75) is 78.2 Å². The highest BCUT2D eigenvalue weighted by Gasteiger charge is 2.69. The predicted molar refractivity (Wildman–Crippen MR) is 82.9 cm³/mol. The van der Waals surface area contributed by atoms with Crippen molar-refractivity contribution >= 4 is 5.97 Å². The first-order chi connectivity index (χ1) is 11.0. The average molecular weight is 344 g/mol. The summed E-state index contributed by atoms with van der Waals surface area (Å²) in [5.41, 5.74) is -0.975. The lowest BCUT2D eigenvalue weighted by molar-refractivity contribution is -0.429. The Morgan fingerprint density at radius 3 is 2.21 bits per heavy atom. The minimum absolute atomic E-state index is 0.0907. The maximum atomic E-state index is 12.0. The number of carbonyl (C=O) groups excluding carboxylic acids is 1. The summed E-state index contributed by atoms with van der Waals surface area (Å²) in [6.07, 6.45) is -2.19. The monoisotopic (exact) mass is 344 g/mol. The van der Waals surface area contributed by atoms with E-state index in [1.54, 1.807) is 7.11 Å². The fourth-order valence-corrected chi connectivity index (χ4v) is 3.14. The third-order valence-electron chi connectivity index (χ3n) is 4.63. The van der Waals surface area contributed by atoms with Crippen molar-refractivity contribution in [2.24, 2.45) is 10.8 Å². The van der Waals surface area contributed by atoms with Crippen LogP contribution in [0.5, 0.6) is 0 Å². The van der Waals surface area contributed by atoms with Gasteiger partial charge < -0.3 is 23.7 Å². The van der Waals surface area contributed by atoms with Gasteiger partial charge in [0.15, 0.2) is 6.29 Å². The first-order valence-corrected chi connectivity index (χ1v) is 8.37. The molecule has 0 aliphatic carbocycles. The fraction of sp³-hybridized carbons (Fsp3) is 0.941. The molecule has 3 saturated heterocycles. The quantitative estimate of drug-likeness (QED) is 0.723. The van der Waals surface area contributed by atoms with Crippen LogP contribution in [0.3, 0.4) is 0 Å². The molecule has 0 aromatic rings. The third kappa shape index (κ3) is 2.76. The summed E-state index contributed by atoms with van der Waals surface area (Å²) < 4.78 is 35.1. The lowest BCUT2D eigenvalue weighted by Crippen LogP contribution is -2.64. The van der Waals surface area contributed by atoms with Crippen LogP contribution in [-0.2, 0) is 33.2 Å².